The van der Waals surface area contributed by atoms with Crippen LogP contribution >= 0.6 is 0 Å². The summed E-state index contributed by atoms with van der Waals surface area (Å²) >= 11 is 0. The summed E-state index contributed by atoms with van der Waals surface area (Å²) in [6.45, 7) is 5.65. The largest absolute Gasteiger partial charge is 0.380 e. The van der Waals surface area contributed by atoms with Crippen LogP contribution in [0.4, 0.5) is 0 Å². The zero-order chi connectivity index (χ0) is 11.4. The van der Waals surface area contributed by atoms with E-state index in [2.05, 4.69) is 11.0 Å². The number of amides is 1. The van der Waals surface area contributed by atoms with E-state index in [1.807, 2.05) is 13.8 Å². The summed E-state index contributed by atoms with van der Waals surface area (Å²) in [5.74, 6) is -0.253. The van der Waals surface area contributed by atoms with E-state index in [0.29, 0.717) is 6.42 Å². The molecule has 4 nitrogen and oxygen atoms in total. The average molecular weight is 212 g/mol. The number of hydrogen-bond donors (Lipinski definition) is 1. The number of primary amides is 1. The molecule has 1 heterocycles. The fourth-order valence-electron chi connectivity index (χ4n) is 1.83. The molecule has 0 bridgehead atoms. The van der Waals surface area contributed by atoms with E-state index in [4.69, 9.17) is 10.5 Å². The highest BCUT2D eigenvalue weighted by atomic mass is 16.5. The minimum Gasteiger partial charge on any atom is -0.380 e. The zero-order valence-electron chi connectivity index (χ0n) is 9.69. The first-order chi connectivity index (χ1) is 7.04. The quantitative estimate of drug-likeness (QED) is 0.691. The molecule has 0 saturated carbocycles. The molecule has 0 unspecified atom stereocenters. The predicted octanol–water partition coefficient (Wildman–Crippen LogP) is 0.527. The summed E-state index contributed by atoms with van der Waals surface area (Å²) < 4.78 is 5.26. The molecule has 0 spiro atoms. The van der Waals surface area contributed by atoms with Crippen molar-refractivity contribution < 1.29 is 9.53 Å². The van der Waals surface area contributed by atoms with Crippen molar-refractivity contribution in [2.24, 2.45) is 5.73 Å². The van der Waals surface area contributed by atoms with Gasteiger partial charge in [0.1, 0.15) is 0 Å². The van der Waals surface area contributed by atoms with Crippen molar-refractivity contribution in [1.29, 1.82) is 0 Å². The van der Waals surface area contributed by atoms with Crippen molar-refractivity contribution >= 4 is 5.91 Å². The molecule has 2 N–H and O–H groups in total. The first kappa shape index (κ1) is 12.2. The molecule has 0 aromatic heterocycles. The highest BCUT2D eigenvalue weighted by Gasteiger charge is 2.34. The molecule has 4 heteroatoms. The van der Waals surface area contributed by atoms with Gasteiger partial charge in [-0.3, -0.25) is 9.69 Å². The van der Waals surface area contributed by atoms with E-state index >= 15 is 0 Å². The first-order valence-electron chi connectivity index (χ1n) is 5.24. The number of ether oxygens (including phenoxy) is 1. The van der Waals surface area contributed by atoms with Crippen molar-refractivity contribution in [2.75, 3.05) is 20.2 Å². The van der Waals surface area contributed by atoms with Crippen molar-refractivity contribution in [2.45, 2.75) is 32.4 Å². The Morgan fingerprint density at radius 3 is 2.73 bits per heavy atom. The van der Waals surface area contributed by atoms with Gasteiger partial charge in [-0.1, -0.05) is 11.6 Å². The standard InChI is InChI=1S/C11H20N2O2/c1-8(2)4-5-13-7-9(15-3)6-10(13)11(12)14/h4,9-10H,5-7H2,1-3H3,(H2,12,14)/t9-,10-/m0/s1. The van der Waals surface area contributed by atoms with Gasteiger partial charge < -0.3 is 10.5 Å². The Labute approximate surface area is 91.1 Å². The normalized spacial score (nSPS) is 26.6. The lowest BCUT2D eigenvalue weighted by molar-refractivity contribution is -0.122. The van der Waals surface area contributed by atoms with Crippen molar-refractivity contribution in [3.63, 3.8) is 0 Å². The number of carbonyl (C=O) groups is 1. The molecule has 86 valence electrons. The number of allylic oxidation sites excluding steroid dienone is 1. The zero-order valence-corrected chi connectivity index (χ0v) is 9.69. The highest BCUT2D eigenvalue weighted by Crippen LogP contribution is 2.19. The Morgan fingerprint density at radius 1 is 1.60 bits per heavy atom. The summed E-state index contributed by atoms with van der Waals surface area (Å²) in [4.78, 5) is 13.3. The monoisotopic (exact) mass is 212 g/mol. The molecule has 15 heavy (non-hydrogen) atoms. The van der Waals surface area contributed by atoms with Crippen molar-refractivity contribution in [3.8, 4) is 0 Å². The summed E-state index contributed by atoms with van der Waals surface area (Å²) in [6.07, 6.45) is 2.95. The first-order valence-corrected chi connectivity index (χ1v) is 5.24. The van der Waals surface area contributed by atoms with Gasteiger partial charge in [0, 0.05) is 20.2 Å². The van der Waals surface area contributed by atoms with Gasteiger partial charge in [0.15, 0.2) is 0 Å². The predicted molar refractivity (Wildman–Crippen MR) is 59.4 cm³/mol. The van der Waals surface area contributed by atoms with E-state index in [1.165, 1.54) is 5.57 Å². The molecular weight excluding hydrogens is 192 g/mol. The second-order valence-corrected chi connectivity index (χ2v) is 4.25. The number of methoxy groups -OCH3 is 1. The fourth-order valence-corrected chi connectivity index (χ4v) is 1.83. The third kappa shape index (κ3) is 3.32. The van der Waals surface area contributed by atoms with E-state index in [9.17, 15) is 4.79 Å². The Hall–Kier alpha value is -0.870. The maximum Gasteiger partial charge on any atom is 0.234 e. The summed E-state index contributed by atoms with van der Waals surface area (Å²) in [7, 11) is 1.67. The van der Waals surface area contributed by atoms with Crippen LogP contribution in [0.3, 0.4) is 0 Å². The molecule has 0 aliphatic carbocycles. The van der Waals surface area contributed by atoms with E-state index in [1.54, 1.807) is 7.11 Å². The number of nitrogens with two attached hydrogens (primary N) is 1. The lowest BCUT2D eigenvalue weighted by atomic mass is 10.2. The number of hydrogen-bond acceptors (Lipinski definition) is 3. The lowest BCUT2D eigenvalue weighted by Gasteiger charge is -2.19. The molecule has 1 saturated heterocycles. The van der Waals surface area contributed by atoms with E-state index < -0.39 is 0 Å². The minimum absolute atomic E-state index is 0.132. The van der Waals surface area contributed by atoms with Gasteiger partial charge in [-0.25, -0.2) is 0 Å². The van der Waals surface area contributed by atoms with Gasteiger partial charge in [-0.2, -0.15) is 0 Å². The van der Waals surface area contributed by atoms with Gasteiger partial charge >= 0.3 is 0 Å². The van der Waals surface area contributed by atoms with E-state index in [0.717, 1.165) is 13.1 Å². The van der Waals surface area contributed by atoms with Gasteiger partial charge in [0.25, 0.3) is 0 Å². The maximum atomic E-state index is 11.2. The molecule has 2 atom stereocenters. The third-order valence-corrected chi connectivity index (χ3v) is 2.76. The smallest absolute Gasteiger partial charge is 0.234 e. The van der Waals surface area contributed by atoms with Gasteiger partial charge in [-0.15, -0.1) is 0 Å². The summed E-state index contributed by atoms with van der Waals surface area (Å²) in [5.41, 5.74) is 6.60. The van der Waals surface area contributed by atoms with Crippen molar-refractivity contribution in [1.82, 2.24) is 4.90 Å². The second-order valence-electron chi connectivity index (χ2n) is 4.25. The average Bonchev–Trinajstić information content (AvgIpc) is 2.57. The highest BCUT2D eigenvalue weighted by molar-refractivity contribution is 5.80. The lowest BCUT2D eigenvalue weighted by Crippen LogP contribution is -2.40. The van der Waals surface area contributed by atoms with Crippen LogP contribution in [0.2, 0.25) is 0 Å². The number of nitrogens with zero attached hydrogens (tertiary/aromatic N) is 1. The van der Waals surface area contributed by atoms with Crippen LogP contribution in [-0.4, -0.2) is 43.2 Å². The van der Waals surface area contributed by atoms with Crippen LogP contribution in [-0.2, 0) is 9.53 Å². The number of likely N-dealkylation sites (tertiary alicyclic amines) is 1. The third-order valence-electron chi connectivity index (χ3n) is 2.76. The molecule has 1 amide bonds. The van der Waals surface area contributed by atoms with Crippen LogP contribution in [0.25, 0.3) is 0 Å². The summed E-state index contributed by atoms with van der Waals surface area (Å²) in [5, 5.41) is 0. The van der Waals surface area contributed by atoms with Gasteiger partial charge in [-0.05, 0) is 20.3 Å². The molecule has 1 rings (SSSR count). The van der Waals surface area contributed by atoms with Crippen LogP contribution < -0.4 is 5.73 Å². The van der Waals surface area contributed by atoms with Gasteiger partial charge in [0.05, 0.1) is 12.1 Å². The van der Waals surface area contributed by atoms with Crippen LogP contribution in [0.15, 0.2) is 11.6 Å². The minimum atomic E-state index is -0.253. The van der Waals surface area contributed by atoms with E-state index in [-0.39, 0.29) is 18.1 Å². The fraction of sp³-hybridized carbons (Fsp3) is 0.727. The van der Waals surface area contributed by atoms with Crippen LogP contribution in [0, 0.1) is 0 Å². The number of carbonyl (C=O) groups excluding carboxylic acids is 1. The number of rotatable bonds is 4. The van der Waals surface area contributed by atoms with Crippen LogP contribution in [0.5, 0.6) is 0 Å². The van der Waals surface area contributed by atoms with Crippen molar-refractivity contribution in [3.05, 3.63) is 11.6 Å². The van der Waals surface area contributed by atoms with Gasteiger partial charge in [0.2, 0.25) is 5.91 Å². The summed E-state index contributed by atoms with van der Waals surface area (Å²) in [6, 6.07) is -0.175. The molecule has 0 aromatic carbocycles. The second kappa shape index (κ2) is 5.28. The van der Waals surface area contributed by atoms with Crippen LogP contribution in [0.1, 0.15) is 20.3 Å². The Balaban J connectivity index is 2.60. The topological polar surface area (TPSA) is 55.6 Å². The Morgan fingerprint density at radius 2 is 2.27 bits per heavy atom. The molecule has 1 fully saturated rings. The Bertz CT molecular complexity index is 259. The Kier molecular flexibility index (Phi) is 4.29. The SMILES string of the molecule is CO[C@H]1C[C@@H](C(N)=O)N(CC=C(C)C)C1. The molecule has 1 aliphatic heterocycles. The molecule has 1 aliphatic rings. The molecule has 0 aromatic rings. The maximum absolute atomic E-state index is 11.2. The molecular formula is C11H20N2O2. The molecule has 0 radical (unpaired) electrons.